The molecule has 0 atom stereocenters. The molecule has 0 radical (unpaired) electrons. The molecule has 3 heterocycles. The highest BCUT2D eigenvalue weighted by Gasteiger charge is 2.28. The fraction of sp³-hybridized carbons (Fsp3) is 0.321. The molecule has 1 saturated heterocycles. The third-order valence-electron chi connectivity index (χ3n) is 6.54. The summed E-state index contributed by atoms with van der Waals surface area (Å²) in [6.45, 7) is 1.94. The summed E-state index contributed by atoms with van der Waals surface area (Å²) in [4.78, 5) is 31.5. The molecule has 0 bridgehead atoms. The number of fused-ring (bicyclic) bond motifs is 1. The van der Waals surface area contributed by atoms with Gasteiger partial charge in [-0.05, 0) is 37.1 Å². The quantitative estimate of drug-likeness (QED) is 0.427. The number of nitrogens with zero attached hydrogens (tertiary/aromatic N) is 2. The Labute approximate surface area is 225 Å². The van der Waals surface area contributed by atoms with E-state index >= 15 is 0 Å². The van der Waals surface area contributed by atoms with Crippen LogP contribution >= 0.6 is 11.6 Å². The Morgan fingerprint density at radius 1 is 1.13 bits per heavy atom. The van der Waals surface area contributed by atoms with Gasteiger partial charge in [0.25, 0.3) is 5.91 Å². The summed E-state index contributed by atoms with van der Waals surface area (Å²) in [5, 5.41) is 3.55. The average Bonchev–Trinajstić information content (AvgIpc) is 2.96. The highest BCUT2D eigenvalue weighted by molar-refractivity contribution is 6.30. The van der Waals surface area contributed by atoms with Gasteiger partial charge in [0.2, 0.25) is 5.91 Å². The van der Waals surface area contributed by atoms with Crippen LogP contribution < -0.4 is 24.4 Å². The first-order chi connectivity index (χ1) is 18.5. The fourth-order valence-corrected chi connectivity index (χ4v) is 4.53. The Hall–Kier alpha value is -3.82. The van der Waals surface area contributed by atoms with Crippen molar-refractivity contribution in [2.75, 3.05) is 45.1 Å². The first-order valence-corrected chi connectivity index (χ1v) is 12.8. The molecule has 1 aromatic heterocycles. The van der Waals surface area contributed by atoms with Crippen LogP contribution in [0.15, 0.2) is 54.7 Å². The number of nitrogens with one attached hydrogen (secondary N) is 1. The number of rotatable bonds is 8. The molecule has 0 saturated carbocycles. The molecular formula is C28H28ClN3O6. The normalized spacial score (nSPS) is 15.4. The summed E-state index contributed by atoms with van der Waals surface area (Å²) in [5.41, 5.74) is 2.53. The summed E-state index contributed by atoms with van der Waals surface area (Å²) in [6, 6.07) is 14.3. The van der Waals surface area contributed by atoms with Crippen molar-refractivity contribution in [3.63, 3.8) is 0 Å². The summed E-state index contributed by atoms with van der Waals surface area (Å²) >= 11 is 5.98. The van der Waals surface area contributed by atoms with Crippen LogP contribution in [-0.4, -0.2) is 57.0 Å². The molecule has 2 aromatic carbocycles. The van der Waals surface area contributed by atoms with E-state index in [1.807, 2.05) is 12.1 Å². The Balaban J connectivity index is 1.22. The maximum Gasteiger partial charge on any atom is 0.266 e. The van der Waals surface area contributed by atoms with Crippen LogP contribution in [0.2, 0.25) is 5.02 Å². The summed E-state index contributed by atoms with van der Waals surface area (Å²) in [6.07, 6.45) is 3.01. The molecule has 38 heavy (non-hydrogen) atoms. The first kappa shape index (κ1) is 25.8. The number of carbonyl (C=O) groups is 2. The van der Waals surface area contributed by atoms with E-state index < -0.39 is 0 Å². The summed E-state index contributed by atoms with van der Waals surface area (Å²) in [7, 11) is 1.53. The standard InChI is InChI=1S/C28H28ClN3O6/c1-35-26-14-21(6-7-24(26)37-13-10-30-27(33)19-8-11-36-12-9-19)32-17-38-25-15-23(31-16-22(25)28(32)34)18-2-4-20(29)5-3-18/h2-7,14-16,19H,8-13,17H2,1H3,(H,30,33). The summed E-state index contributed by atoms with van der Waals surface area (Å²) < 4.78 is 22.6. The van der Waals surface area contributed by atoms with Crippen molar-refractivity contribution < 1.29 is 28.5 Å². The Morgan fingerprint density at radius 2 is 1.92 bits per heavy atom. The SMILES string of the molecule is COc1cc(N2COc3cc(-c4ccc(Cl)cc4)ncc3C2=O)ccc1OCCNC(=O)C1CCOCC1. The molecule has 198 valence electrons. The Morgan fingerprint density at radius 3 is 2.68 bits per heavy atom. The van der Waals surface area contributed by atoms with E-state index in [4.69, 9.17) is 30.5 Å². The maximum absolute atomic E-state index is 13.3. The number of carbonyl (C=O) groups excluding carboxylic acids is 2. The highest BCUT2D eigenvalue weighted by Crippen LogP contribution is 2.35. The minimum absolute atomic E-state index is 0.00813. The third kappa shape index (κ3) is 5.69. The molecule has 5 rings (SSSR count). The monoisotopic (exact) mass is 537 g/mol. The van der Waals surface area contributed by atoms with Crippen LogP contribution in [0.4, 0.5) is 5.69 Å². The van der Waals surface area contributed by atoms with E-state index in [1.54, 1.807) is 36.4 Å². The number of methoxy groups -OCH3 is 1. The van der Waals surface area contributed by atoms with Gasteiger partial charge in [0.15, 0.2) is 18.2 Å². The molecule has 0 aliphatic carbocycles. The van der Waals surface area contributed by atoms with Gasteiger partial charge in [0.05, 0.1) is 25.0 Å². The van der Waals surface area contributed by atoms with Crippen molar-refractivity contribution in [2.45, 2.75) is 12.8 Å². The van der Waals surface area contributed by atoms with Gasteiger partial charge in [-0.2, -0.15) is 0 Å². The van der Waals surface area contributed by atoms with Crippen LogP contribution in [0.3, 0.4) is 0 Å². The van der Waals surface area contributed by atoms with Gasteiger partial charge in [-0.3, -0.25) is 19.5 Å². The van der Waals surface area contributed by atoms with Crippen molar-refractivity contribution in [1.82, 2.24) is 10.3 Å². The molecule has 2 aliphatic rings. The molecule has 1 fully saturated rings. The number of aromatic nitrogens is 1. The van der Waals surface area contributed by atoms with Gasteiger partial charge in [-0.25, -0.2) is 0 Å². The Bertz CT molecular complexity index is 1310. The highest BCUT2D eigenvalue weighted by atomic mass is 35.5. The predicted molar refractivity (Wildman–Crippen MR) is 142 cm³/mol. The van der Waals surface area contributed by atoms with Gasteiger partial charge in [-0.15, -0.1) is 0 Å². The van der Waals surface area contributed by atoms with Gasteiger partial charge in [0.1, 0.15) is 17.9 Å². The molecular weight excluding hydrogens is 510 g/mol. The van der Waals surface area contributed by atoms with Crippen molar-refractivity contribution in [1.29, 1.82) is 0 Å². The van der Waals surface area contributed by atoms with Crippen LogP contribution in [0.1, 0.15) is 23.2 Å². The second-order valence-corrected chi connectivity index (χ2v) is 9.38. The van der Waals surface area contributed by atoms with E-state index in [9.17, 15) is 9.59 Å². The second kappa shape index (κ2) is 11.7. The van der Waals surface area contributed by atoms with Crippen LogP contribution in [-0.2, 0) is 9.53 Å². The van der Waals surface area contributed by atoms with Crippen molar-refractivity contribution in [2.24, 2.45) is 5.92 Å². The van der Waals surface area contributed by atoms with E-state index in [2.05, 4.69) is 10.3 Å². The van der Waals surface area contributed by atoms with E-state index in [-0.39, 0.29) is 31.1 Å². The van der Waals surface area contributed by atoms with Crippen molar-refractivity contribution in [3.05, 3.63) is 65.3 Å². The van der Waals surface area contributed by atoms with E-state index in [1.165, 1.54) is 18.2 Å². The molecule has 3 aromatic rings. The zero-order valence-corrected chi connectivity index (χ0v) is 21.7. The number of halogens is 1. The van der Waals surface area contributed by atoms with Crippen molar-refractivity contribution in [3.8, 4) is 28.5 Å². The number of anilines is 1. The lowest BCUT2D eigenvalue weighted by Crippen LogP contribution is -2.38. The number of ether oxygens (including phenoxy) is 4. The van der Waals surface area contributed by atoms with Crippen molar-refractivity contribution >= 4 is 29.1 Å². The van der Waals surface area contributed by atoms with Gasteiger partial charge in [0, 0.05) is 48.0 Å². The van der Waals surface area contributed by atoms with Gasteiger partial charge < -0.3 is 24.3 Å². The lowest BCUT2D eigenvalue weighted by Gasteiger charge is -2.29. The third-order valence-corrected chi connectivity index (χ3v) is 6.79. The molecule has 0 unspecified atom stereocenters. The first-order valence-electron chi connectivity index (χ1n) is 12.4. The van der Waals surface area contributed by atoms with Crippen LogP contribution in [0, 0.1) is 5.92 Å². The van der Waals surface area contributed by atoms with Gasteiger partial charge >= 0.3 is 0 Å². The van der Waals surface area contributed by atoms with E-state index in [0.717, 1.165) is 18.4 Å². The van der Waals surface area contributed by atoms with Crippen LogP contribution in [0.25, 0.3) is 11.3 Å². The smallest absolute Gasteiger partial charge is 0.266 e. The molecule has 10 heteroatoms. The zero-order valence-electron chi connectivity index (χ0n) is 20.9. The number of hydrogen-bond acceptors (Lipinski definition) is 7. The van der Waals surface area contributed by atoms with Gasteiger partial charge in [-0.1, -0.05) is 23.7 Å². The summed E-state index contributed by atoms with van der Waals surface area (Å²) in [5.74, 6) is 1.24. The molecule has 2 aliphatic heterocycles. The fourth-order valence-electron chi connectivity index (χ4n) is 4.41. The number of benzene rings is 2. The Kier molecular flexibility index (Phi) is 7.95. The zero-order chi connectivity index (χ0) is 26.5. The molecule has 9 nitrogen and oxygen atoms in total. The number of pyridine rings is 1. The topological polar surface area (TPSA) is 99.2 Å². The molecule has 0 spiro atoms. The lowest BCUT2D eigenvalue weighted by molar-refractivity contribution is -0.127. The lowest BCUT2D eigenvalue weighted by atomic mass is 9.99. The minimum Gasteiger partial charge on any atom is -0.493 e. The van der Waals surface area contributed by atoms with E-state index in [0.29, 0.717) is 59.0 Å². The van der Waals surface area contributed by atoms with Crippen LogP contribution in [0.5, 0.6) is 17.2 Å². The average molecular weight is 538 g/mol. The number of amides is 2. The maximum atomic E-state index is 13.3. The molecule has 2 amide bonds. The number of hydrogen-bond donors (Lipinski definition) is 1. The molecule has 1 N–H and O–H groups in total. The largest absolute Gasteiger partial charge is 0.493 e. The predicted octanol–water partition coefficient (Wildman–Crippen LogP) is 4.33. The second-order valence-electron chi connectivity index (χ2n) is 8.94. The minimum atomic E-state index is -0.229.